The summed E-state index contributed by atoms with van der Waals surface area (Å²) >= 11 is 0. The minimum Gasteiger partial charge on any atom is -0.490 e. The number of hydrogen-bond donors (Lipinski definition) is 1. The fourth-order valence-electron chi connectivity index (χ4n) is 2.34. The molecular weight excluding hydrogens is 256 g/mol. The Hall–Kier alpha value is -1.75. The highest BCUT2D eigenvalue weighted by atomic mass is 16.5. The third-order valence-electron chi connectivity index (χ3n) is 3.30. The van der Waals surface area contributed by atoms with Crippen molar-refractivity contribution in [3.63, 3.8) is 0 Å². The lowest BCUT2D eigenvalue weighted by atomic mass is 10.1. The predicted octanol–water partition coefficient (Wildman–Crippen LogP) is 1.66. The summed E-state index contributed by atoms with van der Waals surface area (Å²) < 4.78 is 11.0. The molecule has 1 aromatic carbocycles. The molecule has 110 valence electrons. The van der Waals surface area contributed by atoms with Gasteiger partial charge in [-0.15, -0.1) is 0 Å². The Kier molecular flexibility index (Phi) is 4.84. The Morgan fingerprint density at radius 2 is 2.00 bits per heavy atom. The van der Waals surface area contributed by atoms with Gasteiger partial charge in [0.2, 0.25) is 0 Å². The molecule has 5 heteroatoms. The highest BCUT2D eigenvalue weighted by molar-refractivity contribution is 5.95. The molecule has 1 aromatic rings. The molecule has 0 unspecified atom stereocenters. The summed E-state index contributed by atoms with van der Waals surface area (Å²) in [5.74, 6) is 1.29. The normalized spacial score (nSPS) is 18.1. The highest BCUT2D eigenvalue weighted by Crippen LogP contribution is 2.29. The van der Waals surface area contributed by atoms with Crippen LogP contribution in [0, 0.1) is 0 Å². The van der Waals surface area contributed by atoms with E-state index in [9.17, 15) is 4.79 Å². The van der Waals surface area contributed by atoms with E-state index in [-0.39, 0.29) is 11.9 Å². The molecule has 1 fully saturated rings. The molecule has 5 nitrogen and oxygen atoms in total. The zero-order valence-electron chi connectivity index (χ0n) is 12.1. The van der Waals surface area contributed by atoms with Gasteiger partial charge in [0.25, 0.3) is 5.91 Å². The number of nitrogens with zero attached hydrogens (tertiary/aromatic N) is 1. The van der Waals surface area contributed by atoms with Crippen molar-refractivity contribution in [1.82, 2.24) is 4.90 Å². The lowest BCUT2D eigenvalue weighted by Gasteiger charge is -2.17. The quantitative estimate of drug-likeness (QED) is 0.889. The summed E-state index contributed by atoms with van der Waals surface area (Å²) in [6.07, 6.45) is 0.862. The van der Waals surface area contributed by atoms with Gasteiger partial charge in [0.05, 0.1) is 13.2 Å². The van der Waals surface area contributed by atoms with Crippen molar-refractivity contribution in [3.05, 3.63) is 23.8 Å². The van der Waals surface area contributed by atoms with E-state index >= 15 is 0 Å². The maximum Gasteiger partial charge on any atom is 0.254 e. The Labute approximate surface area is 119 Å². The summed E-state index contributed by atoms with van der Waals surface area (Å²) in [6.45, 7) is 6.26. The fraction of sp³-hybridized carbons (Fsp3) is 0.533. The average Bonchev–Trinajstić information content (AvgIpc) is 2.87. The molecule has 1 heterocycles. The van der Waals surface area contributed by atoms with Gasteiger partial charge in [-0.3, -0.25) is 4.79 Å². The second-order valence-electron chi connectivity index (χ2n) is 4.83. The fourth-order valence-corrected chi connectivity index (χ4v) is 2.34. The lowest BCUT2D eigenvalue weighted by Crippen LogP contribution is -2.31. The predicted molar refractivity (Wildman–Crippen MR) is 77.3 cm³/mol. The van der Waals surface area contributed by atoms with Gasteiger partial charge in [-0.05, 0) is 38.5 Å². The van der Waals surface area contributed by atoms with Crippen LogP contribution in [0.5, 0.6) is 11.5 Å². The maximum atomic E-state index is 12.4. The van der Waals surface area contributed by atoms with Crippen LogP contribution < -0.4 is 15.2 Å². The van der Waals surface area contributed by atoms with E-state index in [4.69, 9.17) is 15.2 Å². The number of benzene rings is 1. The van der Waals surface area contributed by atoms with Crippen molar-refractivity contribution in [3.8, 4) is 11.5 Å². The van der Waals surface area contributed by atoms with Gasteiger partial charge in [0.15, 0.2) is 11.5 Å². The van der Waals surface area contributed by atoms with E-state index in [2.05, 4.69) is 0 Å². The first-order chi connectivity index (χ1) is 9.65. The van der Waals surface area contributed by atoms with Crippen LogP contribution in [0.2, 0.25) is 0 Å². The lowest BCUT2D eigenvalue weighted by molar-refractivity contribution is 0.0790. The van der Waals surface area contributed by atoms with Gasteiger partial charge in [0.1, 0.15) is 0 Å². The first-order valence-corrected chi connectivity index (χ1v) is 7.10. The van der Waals surface area contributed by atoms with Crippen LogP contribution in [0.15, 0.2) is 18.2 Å². The number of rotatable bonds is 5. The number of carbonyl (C=O) groups excluding carboxylic acids is 1. The van der Waals surface area contributed by atoms with Gasteiger partial charge in [-0.2, -0.15) is 0 Å². The number of hydrogen-bond acceptors (Lipinski definition) is 4. The molecule has 1 aliphatic rings. The van der Waals surface area contributed by atoms with Crippen LogP contribution in [0.1, 0.15) is 30.6 Å². The monoisotopic (exact) mass is 278 g/mol. The summed E-state index contributed by atoms with van der Waals surface area (Å²) in [4.78, 5) is 14.2. The smallest absolute Gasteiger partial charge is 0.254 e. The van der Waals surface area contributed by atoms with Gasteiger partial charge in [-0.25, -0.2) is 0 Å². The molecule has 1 aliphatic heterocycles. The van der Waals surface area contributed by atoms with E-state index in [1.165, 1.54) is 0 Å². The zero-order valence-corrected chi connectivity index (χ0v) is 12.1. The Morgan fingerprint density at radius 1 is 1.30 bits per heavy atom. The standard InChI is InChI=1S/C15H22N2O3/c1-3-19-13-6-5-11(9-14(13)20-4-2)15(18)17-8-7-12(16)10-17/h5-6,9,12H,3-4,7-8,10,16H2,1-2H3/t12-/m0/s1. The topological polar surface area (TPSA) is 64.8 Å². The summed E-state index contributed by atoms with van der Waals surface area (Å²) in [6, 6.07) is 5.41. The molecule has 2 rings (SSSR count). The van der Waals surface area contributed by atoms with Crippen molar-refractivity contribution < 1.29 is 14.3 Å². The van der Waals surface area contributed by atoms with Crippen molar-refractivity contribution in [2.45, 2.75) is 26.3 Å². The van der Waals surface area contributed by atoms with Crippen molar-refractivity contribution in [2.75, 3.05) is 26.3 Å². The second kappa shape index (κ2) is 6.61. The van der Waals surface area contributed by atoms with Crippen molar-refractivity contribution in [2.24, 2.45) is 5.73 Å². The Bertz CT molecular complexity index is 476. The molecule has 0 bridgehead atoms. The third kappa shape index (κ3) is 3.22. The van der Waals surface area contributed by atoms with Crippen LogP contribution in [0.4, 0.5) is 0 Å². The van der Waals surface area contributed by atoms with Crippen LogP contribution >= 0.6 is 0 Å². The van der Waals surface area contributed by atoms with Crippen LogP contribution in [0.3, 0.4) is 0 Å². The molecule has 0 aromatic heterocycles. The minimum atomic E-state index is 0.00181. The maximum absolute atomic E-state index is 12.4. The second-order valence-corrected chi connectivity index (χ2v) is 4.83. The highest BCUT2D eigenvalue weighted by Gasteiger charge is 2.25. The molecule has 0 saturated carbocycles. The summed E-state index contributed by atoms with van der Waals surface area (Å²) in [5, 5.41) is 0. The third-order valence-corrected chi connectivity index (χ3v) is 3.30. The first kappa shape index (κ1) is 14.7. The molecule has 2 N–H and O–H groups in total. The average molecular weight is 278 g/mol. The van der Waals surface area contributed by atoms with Crippen LogP contribution in [-0.4, -0.2) is 43.2 Å². The van der Waals surface area contributed by atoms with E-state index < -0.39 is 0 Å². The van der Waals surface area contributed by atoms with Crippen LogP contribution in [0.25, 0.3) is 0 Å². The van der Waals surface area contributed by atoms with Crippen molar-refractivity contribution >= 4 is 5.91 Å². The molecule has 1 atom stereocenters. The molecule has 0 aliphatic carbocycles. The van der Waals surface area contributed by atoms with Crippen molar-refractivity contribution in [1.29, 1.82) is 0 Å². The molecule has 0 spiro atoms. The van der Waals surface area contributed by atoms with E-state index in [1.807, 2.05) is 13.8 Å². The Balaban J connectivity index is 2.19. The first-order valence-electron chi connectivity index (χ1n) is 7.10. The van der Waals surface area contributed by atoms with E-state index in [0.717, 1.165) is 13.0 Å². The number of ether oxygens (including phenoxy) is 2. The molecular formula is C15H22N2O3. The summed E-state index contributed by atoms with van der Waals surface area (Å²) in [5.41, 5.74) is 6.46. The van der Waals surface area contributed by atoms with E-state index in [1.54, 1.807) is 23.1 Å². The van der Waals surface area contributed by atoms with Gasteiger partial charge in [0, 0.05) is 24.7 Å². The Morgan fingerprint density at radius 3 is 2.60 bits per heavy atom. The van der Waals surface area contributed by atoms with Gasteiger partial charge < -0.3 is 20.1 Å². The number of carbonyl (C=O) groups is 1. The number of likely N-dealkylation sites (tertiary alicyclic amines) is 1. The van der Waals surface area contributed by atoms with Gasteiger partial charge >= 0.3 is 0 Å². The molecule has 1 amide bonds. The zero-order chi connectivity index (χ0) is 14.5. The van der Waals surface area contributed by atoms with Crippen LogP contribution in [-0.2, 0) is 0 Å². The molecule has 20 heavy (non-hydrogen) atoms. The molecule has 1 saturated heterocycles. The largest absolute Gasteiger partial charge is 0.490 e. The number of nitrogens with two attached hydrogens (primary N) is 1. The molecule has 0 radical (unpaired) electrons. The SMILES string of the molecule is CCOc1ccc(C(=O)N2CC[C@H](N)C2)cc1OCC. The number of amides is 1. The minimum absolute atomic E-state index is 0.00181. The summed E-state index contributed by atoms with van der Waals surface area (Å²) in [7, 11) is 0. The van der Waals surface area contributed by atoms with E-state index in [0.29, 0.717) is 36.8 Å². The van der Waals surface area contributed by atoms with Gasteiger partial charge in [-0.1, -0.05) is 0 Å².